The molecule has 7 heteroatoms. The van der Waals surface area contributed by atoms with Gasteiger partial charge in [-0.25, -0.2) is 9.78 Å². The predicted octanol–water partition coefficient (Wildman–Crippen LogP) is 6.50. The number of hydrogen-bond acceptors (Lipinski definition) is 3. The highest BCUT2D eigenvalue weighted by molar-refractivity contribution is 6.36. The zero-order chi connectivity index (χ0) is 21.0. The van der Waals surface area contributed by atoms with Crippen molar-refractivity contribution in [3.05, 3.63) is 40.1 Å². The van der Waals surface area contributed by atoms with Crippen molar-refractivity contribution in [3.8, 4) is 11.4 Å². The summed E-state index contributed by atoms with van der Waals surface area (Å²) in [6.45, 7) is 13.9. The summed E-state index contributed by atoms with van der Waals surface area (Å²) in [6, 6.07) is 5.24. The molecule has 2 aromatic rings. The SMILES string of the molecule is CC.CC.CC(C)(C)OC(=O)NCCc1cnc(-c2ccc(Cl)cc2Cl)[nH]1. The van der Waals surface area contributed by atoms with Gasteiger partial charge in [0.05, 0.1) is 5.02 Å². The van der Waals surface area contributed by atoms with Crippen LogP contribution in [0.2, 0.25) is 10.0 Å². The smallest absolute Gasteiger partial charge is 0.407 e. The Morgan fingerprint density at radius 3 is 2.37 bits per heavy atom. The summed E-state index contributed by atoms with van der Waals surface area (Å²) in [5.41, 5.74) is 1.17. The van der Waals surface area contributed by atoms with Crippen LogP contribution in [0.1, 0.15) is 54.2 Å². The van der Waals surface area contributed by atoms with E-state index in [4.69, 9.17) is 27.9 Å². The largest absolute Gasteiger partial charge is 0.444 e. The van der Waals surface area contributed by atoms with Crippen molar-refractivity contribution in [3.63, 3.8) is 0 Å². The number of amides is 1. The van der Waals surface area contributed by atoms with Gasteiger partial charge in [-0.3, -0.25) is 0 Å². The van der Waals surface area contributed by atoms with E-state index in [1.807, 2.05) is 54.5 Å². The highest BCUT2D eigenvalue weighted by Crippen LogP contribution is 2.28. The van der Waals surface area contributed by atoms with Gasteiger partial charge in [-0.2, -0.15) is 0 Å². The predicted molar refractivity (Wildman–Crippen MR) is 115 cm³/mol. The summed E-state index contributed by atoms with van der Waals surface area (Å²) in [4.78, 5) is 19.1. The minimum absolute atomic E-state index is 0.432. The lowest BCUT2D eigenvalue weighted by atomic mass is 10.2. The Morgan fingerprint density at radius 1 is 1.19 bits per heavy atom. The average Bonchev–Trinajstić information content (AvgIpc) is 3.05. The van der Waals surface area contributed by atoms with Crippen molar-refractivity contribution in [1.29, 1.82) is 0 Å². The molecule has 0 saturated carbocycles. The molecule has 1 aromatic heterocycles. The minimum atomic E-state index is -0.503. The van der Waals surface area contributed by atoms with Crippen molar-refractivity contribution in [2.24, 2.45) is 0 Å². The van der Waals surface area contributed by atoms with Gasteiger partial charge in [0.15, 0.2) is 0 Å². The second kappa shape index (κ2) is 12.6. The molecule has 1 aromatic carbocycles. The van der Waals surface area contributed by atoms with Gasteiger partial charge in [-0.15, -0.1) is 0 Å². The van der Waals surface area contributed by atoms with Gasteiger partial charge in [0.1, 0.15) is 11.4 Å². The zero-order valence-electron chi connectivity index (χ0n) is 17.2. The molecule has 0 radical (unpaired) electrons. The maximum absolute atomic E-state index is 11.6. The number of nitrogens with zero attached hydrogens (tertiary/aromatic N) is 1. The number of aromatic amines is 1. The van der Waals surface area contributed by atoms with Gasteiger partial charge in [0.2, 0.25) is 0 Å². The Bertz CT molecular complexity index is 695. The molecule has 5 nitrogen and oxygen atoms in total. The second-order valence-corrected chi connectivity index (χ2v) is 6.90. The molecule has 1 amide bonds. The molecule has 0 spiro atoms. The van der Waals surface area contributed by atoms with Crippen LogP contribution in [0.4, 0.5) is 4.79 Å². The Balaban J connectivity index is 0.00000158. The number of hydrogen-bond donors (Lipinski definition) is 2. The third kappa shape index (κ3) is 9.68. The van der Waals surface area contributed by atoms with Gasteiger partial charge >= 0.3 is 6.09 Å². The topological polar surface area (TPSA) is 67.0 Å². The molecule has 0 bridgehead atoms. The lowest BCUT2D eigenvalue weighted by Gasteiger charge is -2.19. The summed E-state index contributed by atoms with van der Waals surface area (Å²) in [5.74, 6) is 0.666. The van der Waals surface area contributed by atoms with Crippen LogP contribution in [-0.4, -0.2) is 28.2 Å². The number of rotatable bonds is 4. The van der Waals surface area contributed by atoms with Gasteiger partial charge in [0.25, 0.3) is 0 Å². The molecule has 0 atom stereocenters. The molecular formula is C20H31Cl2N3O2. The third-order valence-corrected chi connectivity index (χ3v) is 3.43. The Kier molecular flexibility index (Phi) is 11.8. The highest BCUT2D eigenvalue weighted by atomic mass is 35.5. The van der Waals surface area contributed by atoms with E-state index in [0.717, 1.165) is 11.3 Å². The number of aromatic nitrogens is 2. The van der Waals surface area contributed by atoms with Gasteiger partial charge in [-0.05, 0) is 39.0 Å². The molecule has 2 N–H and O–H groups in total. The number of nitrogens with one attached hydrogen (secondary N) is 2. The molecule has 2 rings (SSSR count). The van der Waals surface area contributed by atoms with Gasteiger partial charge < -0.3 is 15.0 Å². The average molecular weight is 416 g/mol. The standard InChI is InChI=1S/C16H19Cl2N3O2.2C2H6/c1-16(2,3)23-15(22)19-7-6-11-9-20-14(21-11)12-5-4-10(17)8-13(12)18;2*1-2/h4-5,8-9H,6-7H2,1-3H3,(H,19,22)(H,20,21);2*1-2H3. The lowest BCUT2D eigenvalue weighted by Crippen LogP contribution is -2.33. The van der Waals surface area contributed by atoms with Crippen molar-refractivity contribution < 1.29 is 9.53 Å². The molecule has 0 unspecified atom stereocenters. The van der Waals surface area contributed by atoms with E-state index >= 15 is 0 Å². The summed E-state index contributed by atoms with van der Waals surface area (Å²) in [7, 11) is 0. The molecule has 0 aliphatic rings. The van der Waals surface area contributed by atoms with Crippen molar-refractivity contribution >= 4 is 29.3 Å². The molecule has 0 fully saturated rings. The molecule has 1 heterocycles. The van der Waals surface area contributed by atoms with Crippen LogP contribution < -0.4 is 5.32 Å². The van der Waals surface area contributed by atoms with Crippen LogP contribution in [0, 0.1) is 0 Å². The van der Waals surface area contributed by atoms with Crippen LogP contribution in [0.25, 0.3) is 11.4 Å². The van der Waals surface area contributed by atoms with E-state index in [1.54, 1.807) is 18.3 Å². The lowest BCUT2D eigenvalue weighted by molar-refractivity contribution is 0.0528. The Morgan fingerprint density at radius 2 is 1.81 bits per heavy atom. The molecule has 27 heavy (non-hydrogen) atoms. The summed E-state index contributed by atoms with van der Waals surface area (Å²) < 4.78 is 5.17. The summed E-state index contributed by atoms with van der Waals surface area (Å²) in [6.07, 6.45) is 1.90. The molecule has 152 valence electrons. The third-order valence-electron chi connectivity index (χ3n) is 2.88. The van der Waals surface area contributed by atoms with Crippen molar-refractivity contribution in [2.75, 3.05) is 6.54 Å². The van der Waals surface area contributed by atoms with E-state index in [9.17, 15) is 4.79 Å². The van der Waals surface area contributed by atoms with Crippen LogP contribution in [0.3, 0.4) is 0 Å². The molecular weight excluding hydrogens is 385 g/mol. The van der Waals surface area contributed by atoms with Gasteiger partial charge in [0, 0.05) is 35.4 Å². The maximum Gasteiger partial charge on any atom is 0.407 e. The first-order valence-corrected chi connectivity index (χ1v) is 9.96. The number of imidazole rings is 1. The Labute approximate surface area is 172 Å². The van der Waals surface area contributed by atoms with Crippen LogP contribution in [0.5, 0.6) is 0 Å². The molecule has 0 saturated heterocycles. The van der Waals surface area contributed by atoms with E-state index in [-0.39, 0.29) is 0 Å². The van der Waals surface area contributed by atoms with Gasteiger partial charge in [-0.1, -0.05) is 50.9 Å². The number of carbonyl (C=O) groups is 1. The first-order chi connectivity index (χ1) is 12.7. The fourth-order valence-electron chi connectivity index (χ4n) is 1.92. The number of halogens is 2. The summed E-state index contributed by atoms with van der Waals surface area (Å²) in [5, 5.41) is 3.81. The van der Waals surface area contributed by atoms with Crippen molar-refractivity contribution in [1.82, 2.24) is 15.3 Å². The quantitative estimate of drug-likeness (QED) is 0.598. The van der Waals surface area contributed by atoms with Crippen LogP contribution >= 0.6 is 23.2 Å². The molecule has 0 aliphatic heterocycles. The van der Waals surface area contributed by atoms with Crippen molar-refractivity contribution in [2.45, 2.75) is 60.5 Å². The first-order valence-electron chi connectivity index (χ1n) is 9.21. The number of ether oxygens (including phenoxy) is 1. The van der Waals surface area contributed by atoms with Crippen LogP contribution in [-0.2, 0) is 11.2 Å². The second-order valence-electron chi connectivity index (χ2n) is 6.06. The van der Waals surface area contributed by atoms with Crippen LogP contribution in [0.15, 0.2) is 24.4 Å². The zero-order valence-corrected chi connectivity index (χ0v) is 18.8. The highest BCUT2D eigenvalue weighted by Gasteiger charge is 2.15. The van der Waals surface area contributed by atoms with E-state index < -0.39 is 11.7 Å². The maximum atomic E-state index is 11.6. The molecule has 0 aliphatic carbocycles. The van der Waals surface area contributed by atoms with E-state index in [1.165, 1.54) is 0 Å². The number of benzene rings is 1. The monoisotopic (exact) mass is 415 g/mol. The van der Waals surface area contributed by atoms with E-state index in [2.05, 4.69) is 15.3 Å². The fourth-order valence-corrected chi connectivity index (χ4v) is 2.42. The number of H-pyrrole nitrogens is 1. The minimum Gasteiger partial charge on any atom is -0.444 e. The Hall–Kier alpha value is -1.72. The number of carbonyl (C=O) groups excluding carboxylic acids is 1. The normalized spacial score (nSPS) is 10.1. The first kappa shape index (κ1) is 25.3. The summed E-state index contributed by atoms with van der Waals surface area (Å²) >= 11 is 12.0. The van der Waals surface area contributed by atoms with E-state index in [0.29, 0.717) is 28.8 Å². The fraction of sp³-hybridized carbons (Fsp3) is 0.500. The number of alkyl carbamates (subject to hydrolysis) is 1.